The maximum Gasteiger partial charge on any atom is 0.308 e. The highest BCUT2D eigenvalue weighted by molar-refractivity contribution is 6.11. The van der Waals surface area contributed by atoms with E-state index < -0.39 is 194 Å². The third kappa shape index (κ3) is 14.3. The molecule has 8 rings (SSSR count). The number of carbonyl (C=O) groups excluding carboxylic acids is 4. The van der Waals surface area contributed by atoms with Crippen LogP contribution in [0.2, 0.25) is 0 Å². The Morgan fingerprint density at radius 1 is 0.690 bits per heavy atom. The molecule has 0 bridgehead atoms. The summed E-state index contributed by atoms with van der Waals surface area (Å²) in [6.07, 6.45) is -25.8. The number of aliphatic hydroxyl groups excluding tert-OH is 5. The first-order chi connectivity index (χ1) is 39.5. The van der Waals surface area contributed by atoms with Crippen LogP contribution in [0.4, 0.5) is 0 Å². The number of aliphatic hydroxyl groups is 6. The fraction of sp³-hybridized carbons (Fsp3) is 0.759. The van der Waals surface area contributed by atoms with E-state index >= 15 is 4.79 Å². The van der Waals surface area contributed by atoms with E-state index in [1.165, 1.54) is 60.1 Å². The van der Waals surface area contributed by atoms with Gasteiger partial charge < -0.3 is 107 Å². The van der Waals surface area contributed by atoms with Gasteiger partial charge in [-0.3, -0.25) is 19.2 Å². The third-order valence-electron chi connectivity index (χ3n) is 16.7. The second kappa shape index (κ2) is 27.0. The monoisotopic (exact) mass is 1200 g/mol. The van der Waals surface area contributed by atoms with Gasteiger partial charge in [0.1, 0.15) is 71.7 Å². The second-order valence-corrected chi connectivity index (χ2v) is 23.7. The predicted molar refractivity (Wildman–Crippen MR) is 287 cm³/mol. The number of ketones is 2. The van der Waals surface area contributed by atoms with E-state index in [-0.39, 0.29) is 66.2 Å². The maximum atomic E-state index is 15.1. The molecule has 84 heavy (non-hydrogen) atoms. The molecule has 0 amide bonds. The number of Topliss-reactive ketones (excluding diaryl/α,β-unsaturated/α-hetero) is 2. The molecule has 25 atom stereocenters. The number of esters is 2. The maximum absolute atomic E-state index is 15.1. The molecule has 6 aliphatic rings. The number of phenolic OH excluding ortho intramolecular Hbond substituents is 2. The number of ether oxygens (including phenoxy) is 14. The summed E-state index contributed by atoms with van der Waals surface area (Å²) >= 11 is 0. The van der Waals surface area contributed by atoms with Crippen molar-refractivity contribution in [3.63, 3.8) is 0 Å². The molecule has 5 fully saturated rings. The molecule has 2 aromatic carbocycles. The molecule has 26 heteroatoms. The summed E-state index contributed by atoms with van der Waals surface area (Å²) in [6, 6.07) is 4.18. The van der Waals surface area contributed by atoms with Crippen molar-refractivity contribution < 1.29 is 126 Å². The van der Waals surface area contributed by atoms with Gasteiger partial charge in [-0.15, -0.1) is 0 Å². The summed E-state index contributed by atoms with van der Waals surface area (Å²) in [5.74, 6) is -5.81. The molecule has 0 radical (unpaired) electrons. The standard InChI is InChI=1S/C58H84O26/c1-22(2)57(69)84-56-28(8)77-43(21-58(56,10)70)81-37-18-41(73-24(4)48(37)65)80-36-19-42(74-25(5)47(36)64)83-55-33(54(72-12)51(68)46(63)23(3)59)15-31-13-30-14-32(16-34(61)44(30)49(66)45(31)50(55)67)79-40-20-38(78-29(9)60)53(27(7)76-40)82-39-17-35(62)52(71-11)26(6)75-39/h13-14,16,22-28,33,35-43,46-48,52-56,59,61-66,70H,15,17-21H2,1-12H3/t23-,24-,25-,26-,27-,28+,33+,35-,36-,37-,38-,39-,40+,41+,42+,43+,46+,47?,48-,52+,53+,54+,55+,56+,58?/m1/s1. The number of hydrogen-bond donors (Lipinski definition) is 8. The van der Waals surface area contributed by atoms with Crippen LogP contribution in [0.3, 0.4) is 0 Å². The number of phenols is 2. The van der Waals surface area contributed by atoms with Crippen LogP contribution in [-0.4, -0.2) is 225 Å². The highest BCUT2D eigenvalue weighted by Crippen LogP contribution is 2.46. The number of hydrogen-bond acceptors (Lipinski definition) is 26. The molecule has 5 heterocycles. The lowest BCUT2D eigenvalue weighted by Crippen LogP contribution is -2.59. The lowest BCUT2D eigenvalue weighted by atomic mass is 9.75. The van der Waals surface area contributed by atoms with Crippen LogP contribution in [-0.2, 0) is 82.4 Å². The van der Waals surface area contributed by atoms with Crippen molar-refractivity contribution in [3.8, 4) is 17.2 Å². The highest BCUT2D eigenvalue weighted by Gasteiger charge is 2.53. The summed E-state index contributed by atoms with van der Waals surface area (Å²) < 4.78 is 84.3. The van der Waals surface area contributed by atoms with Gasteiger partial charge in [0.15, 0.2) is 42.8 Å². The van der Waals surface area contributed by atoms with Crippen LogP contribution in [0, 0.1) is 11.8 Å². The van der Waals surface area contributed by atoms with E-state index in [2.05, 4.69) is 0 Å². The molecular formula is C58H84O26. The average molecular weight is 1200 g/mol. The zero-order valence-corrected chi connectivity index (χ0v) is 49.3. The van der Waals surface area contributed by atoms with Crippen LogP contribution < -0.4 is 4.74 Å². The first-order valence-corrected chi connectivity index (χ1v) is 28.7. The van der Waals surface area contributed by atoms with Gasteiger partial charge in [0.2, 0.25) is 6.29 Å². The lowest BCUT2D eigenvalue weighted by molar-refractivity contribution is -0.334. The van der Waals surface area contributed by atoms with E-state index in [1.807, 2.05) is 0 Å². The lowest BCUT2D eigenvalue weighted by Gasteiger charge is -2.47. The Morgan fingerprint density at radius 3 is 1.82 bits per heavy atom. The van der Waals surface area contributed by atoms with E-state index in [9.17, 15) is 55.2 Å². The van der Waals surface area contributed by atoms with Crippen LogP contribution in [0.15, 0.2) is 18.2 Å². The summed E-state index contributed by atoms with van der Waals surface area (Å²) in [5, 5.41) is 89.7. The predicted octanol–water partition coefficient (Wildman–Crippen LogP) is 1.87. The van der Waals surface area contributed by atoms with Gasteiger partial charge in [0.05, 0.1) is 71.8 Å². The summed E-state index contributed by atoms with van der Waals surface area (Å²) in [7, 11) is 2.65. The number of rotatable bonds is 19. The molecule has 5 saturated heterocycles. The van der Waals surface area contributed by atoms with Gasteiger partial charge in [0, 0.05) is 65.2 Å². The Balaban J connectivity index is 1.01. The van der Waals surface area contributed by atoms with Crippen molar-refractivity contribution in [3.05, 3.63) is 29.3 Å². The second-order valence-electron chi connectivity index (χ2n) is 23.7. The molecule has 1 aliphatic carbocycles. The summed E-state index contributed by atoms with van der Waals surface area (Å²) in [6.45, 7) is 15.5. The summed E-state index contributed by atoms with van der Waals surface area (Å²) in [4.78, 5) is 53.9. The van der Waals surface area contributed by atoms with Gasteiger partial charge in [-0.1, -0.05) is 13.8 Å². The fourth-order valence-corrected chi connectivity index (χ4v) is 12.3. The molecule has 2 unspecified atom stereocenters. The van der Waals surface area contributed by atoms with E-state index in [0.717, 1.165) is 0 Å². The van der Waals surface area contributed by atoms with Gasteiger partial charge in [-0.25, -0.2) is 0 Å². The fourth-order valence-electron chi connectivity index (χ4n) is 12.3. The number of fused-ring (bicyclic) bond motifs is 2. The molecule has 8 N–H and O–H groups in total. The first kappa shape index (κ1) is 65.7. The molecule has 0 spiro atoms. The van der Waals surface area contributed by atoms with Crippen molar-refractivity contribution >= 4 is 34.3 Å². The van der Waals surface area contributed by atoms with Crippen LogP contribution in [0.25, 0.3) is 10.8 Å². The number of benzene rings is 2. The summed E-state index contributed by atoms with van der Waals surface area (Å²) in [5.41, 5.74) is -1.66. The van der Waals surface area contributed by atoms with Crippen molar-refractivity contribution in [2.75, 3.05) is 14.2 Å². The van der Waals surface area contributed by atoms with Crippen molar-refractivity contribution in [2.24, 2.45) is 11.8 Å². The largest absolute Gasteiger partial charge is 0.507 e. The van der Waals surface area contributed by atoms with Crippen molar-refractivity contribution in [1.29, 1.82) is 0 Å². The molecule has 0 aromatic heterocycles. The Kier molecular flexibility index (Phi) is 21.1. The zero-order valence-electron chi connectivity index (χ0n) is 49.3. The minimum absolute atomic E-state index is 0.0401. The average Bonchev–Trinajstić information content (AvgIpc) is 2.44. The first-order valence-electron chi connectivity index (χ1n) is 28.7. The van der Waals surface area contributed by atoms with Crippen LogP contribution in [0.5, 0.6) is 17.2 Å². The number of methoxy groups -OCH3 is 2. The van der Waals surface area contributed by atoms with E-state index in [0.29, 0.717) is 0 Å². The molecule has 472 valence electrons. The van der Waals surface area contributed by atoms with Gasteiger partial charge in [-0.05, 0) is 78.0 Å². The van der Waals surface area contributed by atoms with Gasteiger partial charge in [0.25, 0.3) is 0 Å². The molecule has 5 aliphatic heterocycles. The Labute approximate surface area is 486 Å². The molecule has 26 nitrogen and oxygen atoms in total. The molecule has 2 aromatic rings. The minimum atomic E-state index is -1.96. The van der Waals surface area contributed by atoms with E-state index in [1.54, 1.807) is 41.5 Å². The van der Waals surface area contributed by atoms with Crippen LogP contribution in [0.1, 0.15) is 117 Å². The zero-order chi connectivity index (χ0) is 61.5. The smallest absolute Gasteiger partial charge is 0.308 e. The van der Waals surface area contributed by atoms with Crippen molar-refractivity contribution in [2.45, 2.75) is 255 Å². The van der Waals surface area contributed by atoms with Gasteiger partial charge in [-0.2, -0.15) is 0 Å². The number of aromatic hydroxyl groups is 2. The SMILES string of the molecule is CO[C@@H]1[C@H](O)C[C@@H](O[C@H]2[C@@H](C)O[C@@H](Oc3cc(O)c4c(O)c5c(cc4c3)C[C@@H]([C@H](OC)C(=O)[C@@H](O)[C@@H](C)O)[C@H](O[C@H]3C[C@@H](O[C@H]4C[C@@H](O[C@H]6CC(C)(O)[C@@H](OC(=O)C(C)C)[C@H](C)O6)[C@H](O)[C@@H](C)O4)C(O)[C@@H](C)O3)C5=O)C[C@H]2OC(C)=O)O[C@@H]1C. The Bertz CT molecular complexity index is 2620. The minimum Gasteiger partial charge on any atom is -0.507 e. The van der Waals surface area contributed by atoms with Gasteiger partial charge >= 0.3 is 11.9 Å². The normalized spacial score (nSPS) is 39.5. The quantitative estimate of drug-likeness (QED) is 0.0931. The van der Waals surface area contributed by atoms with E-state index in [4.69, 9.17) is 66.3 Å². The Hall–Kier alpha value is -4.30. The Morgan fingerprint density at radius 2 is 1.25 bits per heavy atom. The molecule has 0 saturated carbocycles. The molecular weight excluding hydrogens is 1110 g/mol. The highest BCUT2D eigenvalue weighted by atomic mass is 16.7. The number of carbonyl (C=O) groups is 4. The van der Waals surface area contributed by atoms with Crippen LogP contribution >= 0.6 is 0 Å². The third-order valence-corrected chi connectivity index (χ3v) is 16.7. The topological polar surface area (TPSA) is 359 Å². The van der Waals surface area contributed by atoms with Crippen molar-refractivity contribution in [1.82, 2.24) is 0 Å².